The molecule has 1 aliphatic rings. The van der Waals surface area contributed by atoms with Gasteiger partial charge in [0, 0.05) is 13.7 Å². The Morgan fingerprint density at radius 1 is 1.50 bits per heavy atom. The van der Waals surface area contributed by atoms with Crippen molar-refractivity contribution in [2.24, 2.45) is 0 Å². The van der Waals surface area contributed by atoms with E-state index >= 15 is 0 Å². The number of aliphatic hydroxyl groups is 1. The minimum absolute atomic E-state index is 0.187. The van der Waals surface area contributed by atoms with Crippen molar-refractivity contribution < 1.29 is 18.3 Å². The van der Waals surface area contributed by atoms with Crippen LogP contribution in [0.2, 0.25) is 0 Å². The fourth-order valence-corrected chi connectivity index (χ4v) is 3.43. The molecule has 1 N–H and O–H groups in total. The number of ether oxygens (including phenoxy) is 1. The highest BCUT2D eigenvalue weighted by molar-refractivity contribution is 7.89. The summed E-state index contributed by atoms with van der Waals surface area (Å²) in [4.78, 5) is 0. The van der Waals surface area contributed by atoms with E-state index in [1.807, 2.05) is 0 Å². The Balaban J connectivity index is 2.71. The van der Waals surface area contributed by atoms with Crippen LogP contribution in [-0.2, 0) is 14.8 Å². The van der Waals surface area contributed by atoms with Crippen molar-refractivity contribution in [3.8, 4) is 0 Å². The molecule has 0 bridgehead atoms. The number of nitrogens with zero attached hydrogens (tertiary/aromatic N) is 1. The third-order valence-electron chi connectivity index (χ3n) is 2.37. The monoisotopic (exact) mass is 223 g/mol. The van der Waals surface area contributed by atoms with Crippen LogP contribution in [0.15, 0.2) is 0 Å². The molecule has 0 aromatic rings. The van der Waals surface area contributed by atoms with E-state index in [1.165, 1.54) is 11.4 Å². The van der Waals surface area contributed by atoms with Crippen molar-refractivity contribution in [3.05, 3.63) is 0 Å². The average molecular weight is 223 g/mol. The lowest BCUT2D eigenvalue weighted by atomic mass is 10.3. The van der Waals surface area contributed by atoms with Crippen molar-refractivity contribution in [2.45, 2.75) is 18.9 Å². The molecule has 84 valence electrons. The van der Waals surface area contributed by atoms with Crippen molar-refractivity contribution >= 4 is 10.0 Å². The maximum atomic E-state index is 11.6. The Morgan fingerprint density at radius 3 is 2.71 bits per heavy atom. The van der Waals surface area contributed by atoms with E-state index < -0.39 is 16.1 Å². The van der Waals surface area contributed by atoms with E-state index in [9.17, 15) is 8.42 Å². The maximum Gasteiger partial charge on any atom is 0.214 e. The van der Waals surface area contributed by atoms with Gasteiger partial charge in [0.1, 0.15) is 0 Å². The number of sulfonamides is 1. The van der Waals surface area contributed by atoms with Crippen molar-refractivity contribution in [2.75, 3.05) is 32.6 Å². The smallest absolute Gasteiger partial charge is 0.214 e. The first kappa shape index (κ1) is 11.9. The quantitative estimate of drug-likeness (QED) is 0.692. The molecule has 0 radical (unpaired) electrons. The Labute approximate surface area is 84.7 Å². The zero-order valence-electron chi connectivity index (χ0n) is 8.35. The summed E-state index contributed by atoms with van der Waals surface area (Å²) < 4.78 is 29.5. The lowest BCUT2D eigenvalue weighted by molar-refractivity contribution is 0.0896. The van der Waals surface area contributed by atoms with E-state index in [1.54, 1.807) is 0 Å². The van der Waals surface area contributed by atoms with Crippen LogP contribution in [-0.4, -0.2) is 56.5 Å². The van der Waals surface area contributed by atoms with Crippen molar-refractivity contribution in [1.82, 2.24) is 4.31 Å². The van der Waals surface area contributed by atoms with Gasteiger partial charge in [0.15, 0.2) is 0 Å². The van der Waals surface area contributed by atoms with Gasteiger partial charge in [0.05, 0.1) is 25.0 Å². The van der Waals surface area contributed by atoms with Gasteiger partial charge in [-0.15, -0.1) is 0 Å². The lowest BCUT2D eigenvalue weighted by Gasteiger charge is -2.32. The van der Waals surface area contributed by atoms with Gasteiger partial charge in [-0.25, -0.2) is 8.42 Å². The first-order valence-corrected chi connectivity index (χ1v) is 6.32. The Hall–Kier alpha value is -0.170. The van der Waals surface area contributed by atoms with Crippen LogP contribution >= 0.6 is 0 Å². The molecule has 0 aromatic carbocycles. The SMILES string of the molecule is COCC(CO)N1CCCCS1(=O)=O. The third-order valence-corrected chi connectivity index (χ3v) is 4.37. The van der Waals surface area contributed by atoms with Gasteiger partial charge < -0.3 is 9.84 Å². The van der Waals surface area contributed by atoms with Crippen LogP contribution in [0.5, 0.6) is 0 Å². The normalized spacial score (nSPS) is 24.7. The van der Waals surface area contributed by atoms with E-state index in [0.29, 0.717) is 13.0 Å². The van der Waals surface area contributed by atoms with Gasteiger partial charge in [0.25, 0.3) is 0 Å². The van der Waals surface area contributed by atoms with Crippen LogP contribution in [0.1, 0.15) is 12.8 Å². The Bertz CT molecular complexity index is 265. The fourth-order valence-electron chi connectivity index (χ4n) is 1.64. The van der Waals surface area contributed by atoms with E-state index in [2.05, 4.69) is 0 Å². The van der Waals surface area contributed by atoms with Crippen LogP contribution in [0.25, 0.3) is 0 Å². The average Bonchev–Trinajstić information content (AvgIpc) is 2.14. The first-order chi connectivity index (χ1) is 6.61. The molecule has 14 heavy (non-hydrogen) atoms. The van der Waals surface area contributed by atoms with Crippen LogP contribution in [0.4, 0.5) is 0 Å². The minimum atomic E-state index is -3.16. The van der Waals surface area contributed by atoms with Gasteiger partial charge >= 0.3 is 0 Å². The molecule has 5 nitrogen and oxygen atoms in total. The third kappa shape index (κ3) is 2.66. The summed E-state index contributed by atoms with van der Waals surface area (Å²) in [6.45, 7) is 0.555. The molecule has 0 aromatic heterocycles. The summed E-state index contributed by atoms with van der Waals surface area (Å²) in [5.41, 5.74) is 0. The molecule has 0 saturated carbocycles. The second-order valence-electron chi connectivity index (χ2n) is 3.43. The molecule has 0 aliphatic carbocycles. The standard InChI is InChI=1S/C8H17NO4S/c1-13-7-8(6-10)9-4-2-3-5-14(9,11)12/h8,10H,2-7H2,1H3. The molecular weight excluding hydrogens is 206 g/mol. The molecule has 1 aliphatic heterocycles. The van der Waals surface area contributed by atoms with E-state index in [-0.39, 0.29) is 19.0 Å². The summed E-state index contributed by atoms with van der Waals surface area (Å²) in [5, 5.41) is 9.06. The molecule has 1 heterocycles. The van der Waals surface area contributed by atoms with Crippen molar-refractivity contribution in [3.63, 3.8) is 0 Å². The topological polar surface area (TPSA) is 66.8 Å². The number of hydrogen-bond acceptors (Lipinski definition) is 4. The summed E-state index contributed by atoms with van der Waals surface area (Å²) in [6, 6.07) is -0.426. The van der Waals surface area contributed by atoms with E-state index in [0.717, 1.165) is 6.42 Å². The zero-order chi connectivity index (χ0) is 10.6. The van der Waals surface area contributed by atoms with Gasteiger partial charge in [-0.2, -0.15) is 4.31 Å². The molecule has 1 fully saturated rings. The molecule has 0 spiro atoms. The second-order valence-corrected chi connectivity index (χ2v) is 5.47. The summed E-state index contributed by atoms with van der Waals surface area (Å²) >= 11 is 0. The maximum absolute atomic E-state index is 11.6. The largest absolute Gasteiger partial charge is 0.395 e. The zero-order valence-corrected chi connectivity index (χ0v) is 9.16. The lowest BCUT2D eigenvalue weighted by Crippen LogP contribution is -2.48. The number of hydrogen-bond donors (Lipinski definition) is 1. The second kappa shape index (κ2) is 5.06. The van der Waals surface area contributed by atoms with Crippen LogP contribution in [0.3, 0.4) is 0 Å². The fraction of sp³-hybridized carbons (Fsp3) is 1.00. The highest BCUT2D eigenvalue weighted by atomic mass is 32.2. The van der Waals surface area contributed by atoms with E-state index in [4.69, 9.17) is 9.84 Å². The molecule has 1 saturated heterocycles. The minimum Gasteiger partial charge on any atom is -0.395 e. The molecule has 0 amide bonds. The predicted molar refractivity (Wildman–Crippen MR) is 52.5 cm³/mol. The number of methoxy groups -OCH3 is 1. The predicted octanol–water partition coefficient (Wildman–Crippen LogP) is -0.581. The molecule has 6 heteroatoms. The Morgan fingerprint density at radius 2 is 2.21 bits per heavy atom. The summed E-state index contributed by atoms with van der Waals surface area (Å²) in [7, 11) is -1.66. The molecule has 1 atom stereocenters. The summed E-state index contributed by atoms with van der Waals surface area (Å²) in [6.07, 6.45) is 1.57. The highest BCUT2D eigenvalue weighted by Gasteiger charge is 2.31. The van der Waals surface area contributed by atoms with Gasteiger partial charge in [0.2, 0.25) is 10.0 Å². The Kier molecular flexibility index (Phi) is 4.31. The van der Waals surface area contributed by atoms with Crippen molar-refractivity contribution in [1.29, 1.82) is 0 Å². The van der Waals surface area contributed by atoms with Gasteiger partial charge in [-0.05, 0) is 12.8 Å². The highest BCUT2D eigenvalue weighted by Crippen LogP contribution is 2.16. The number of aliphatic hydroxyl groups excluding tert-OH is 1. The molecule has 1 rings (SSSR count). The van der Waals surface area contributed by atoms with Gasteiger partial charge in [-0.3, -0.25) is 0 Å². The van der Waals surface area contributed by atoms with Crippen LogP contribution < -0.4 is 0 Å². The molecule has 1 unspecified atom stereocenters. The first-order valence-electron chi connectivity index (χ1n) is 4.71. The van der Waals surface area contributed by atoms with Crippen LogP contribution in [0, 0.1) is 0 Å². The molecular formula is C8H17NO4S. The summed E-state index contributed by atoms with van der Waals surface area (Å²) in [5.74, 6) is 0.188. The number of rotatable bonds is 4. The van der Waals surface area contributed by atoms with Gasteiger partial charge in [-0.1, -0.05) is 0 Å².